The topological polar surface area (TPSA) is 55.4 Å². The van der Waals surface area contributed by atoms with Crippen molar-refractivity contribution in [2.45, 2.75) is 36.8 Å². The van der Waals surface area contributed by atoms with Crippen molar-refractivity contribution >= 4 is 41.9 Å². The Labute approximate surface area is 130 Å². The molecular formula is C12H15Br2NO3S. The minimum Gasteiger partial charge on any atom is -0.377 e. The Morgan fingerprint density at radius 1 is 1.42 bits per heavy atom. The number of hydrogen-bond acceptors (Lipinski definition) is 3. The Kier molecular flexibility index (Phi) is 5.05. The maximum Gasteiger partial charge on any atom is 0.242 e. The zero-order valence-electron chi connectivity index (χ0n) is 10.4. The predicted octanol–water partition coefficient (Wildman–Crippen LogP) is 3.06. The highest BCUT2D eigenvalue weighted by molar-refractivity contribution is 9.11. The molecule has 2 unspecified atom stereocenters. The van der Waals surface area contributed by atoms with Crippen molar-refractivity contribution in [3.8, 4) is 0 Å². The van der Waals surface area contributed by atoms with Gasteiger partial charge in [0.2, 0.25) is 10.0 Å². The summed E-state index contributed by atoms with van der Waals surface area (Å²) in [4.78, 5) is 0.237. The fourth-order valence-electron chi connectivity index (χ4n) is 2.07. The molecule has 1 aliphatic heterocycles. The molecule has 0 amide bonds. The minimum absolute atomic E-state index is 0.0380. The van der Waals surface area contributed by atoms with Gasteiger partial charge in [-0.05, 0) is 53.9 Å². The summed E-state index contributed by atoms with van der Waals surface area (Å²) < 4.78 is 34.2. The molecule has 0 aromatic heterocycles. The van der Waals surface area contributed by atoms with Crippen molar-refractivity contribution in [2.24, 2.45) is 0 Å². The molecule has 1 aliphatic rings. The molecular weight excluding hydrogens is 398 g/mol. The van der Waals surface area contributed by atoms with E-state index < -0.39 is 10.0 Å². The molecule has 1 aromatic carbocycles. The highest BCUT2D eigenvalue weighted by Crippen LogP contribution is 2.26. The molecule has 0 saturated carbocycles. The van der Waals surface area contributed by atoms with Crippen LogP contribution >= 0.6 is 31.9 Å². The van der Waals surface area contributed by atoms with E-state index in [9.17, 15) is 8.42 Å². The SMILES string of the molecule is CC(NS(=O)(=O)c1ccc(Br)cc1Br)C1CCCO1. The number of ether oxygens (including phenoxy) is 1. The Bertz CT molecular complexity index is 556. The van der Waals surface area contributed by atoms with Gasteiger partial charge >= 0.3 is 0 Å². The lowest BCUT2D eigenvalue weighted by molar-refractivity contribution is 0.0902. The fourth-order valence-corrected chi connectivity index (χ4v) is 5.09. The van der Waals surface area contributed by atoms with Gasteiger partial charge in [0.05, 0.1) is 11.0 Å². The molecule has 0 spiro atoms. The van der Waals surface area contributed by atoms with Gasteiger partial charge in [0, 0.05) is 21.6 Å². The molecule has 1 fully saturated rings. The molecule has 0 bridgehead atoms. The molecule has 4 nitrogen and oxygen atoms in total. The van der Waals surface area contributed by atoms with Gasteiger partial charge in [0.1, 0.15) is 0 Å². The van der Waals surface area contributed by atoms with Crippen LogP contribution in [0, 0.1) is 0 Å². The van der Waals surface area contributed by atoms with Crippen molar-refractivity contribution in [1.82, 2.24) is 4.72 Å². The first-order valence-electron chi connectivity index (χ1n) is 5.99. The first-order valence-corrected chi connectivity index (χ1v) is 9.06. The molecule has 1 heterocycles. The summed E-state index contributed by atoms with van der Waals surface area (Å²) in [5, 5.41) is 0. The van der Waals surface area contributed by atoms with Gasteiger partial charge in [0.25, 0.3) is 0 Å². The summed E-state index contributed by atoms with van der Waals surface area (Å²) in [6.07, 6.45) is 1.84. The third kappa shape index (κ3) is 3.78. The van der Waals surface area contributed by atoms with Gasteiger partial charge in [-0.2, -0.15) is 0 Å². The van der Waals surface area contributed by atoms with E-state index >= 15 is 0 Å². The monoisotopic (exact) mass is 411 g/mol. The zero-order valence-corrected chi connectivity index (χ0v) is 14.4. The van der Waals surface area contributed by atoms with E-state index in [1.165, 1.54) is 0 Å². The van der Waals surface area contributed by atoms with E-state index in [0.29, 0.717) is 11.1 Å². The highest BCUT2D eigenvalue weighted by atomic mass is 79.9. The second kappa shape index (κ2) is 6.22. The second-order valence-electron chi connectivity index (χ2n) is 4.54. The quantitative estimate of drug-likeness (QED) is 0.826. The minimum atomic E-state index is -3.54. The maximum atomic E-state index is 12.3. The lowest BCUT2D eigenvalue weighted by atomic mass is 10.1. The van der Waals surface area contributed by atoms with Crippen LogP contribution < -0.4 is 4.72 Å². The van der Waals surface area contributed by atoms with E-state index in [-0.39, 0.29) is 17.0 Å². The van der Waals surface area contributed by atoms with Crippen LogP contribution in [0.5, 0.6) is 0 Å². The van der Waals surface area contributed by atoms with Crippen LogP contribution in [0.15, 0.2) is 32.0 Å². The average molecular weight is 413 g/mol. The van der Waals surface area contributed by atoms with E-state index in [1.807, 2.05) is 6.92 Å². The van der Waals surface area contributed by atoms with Gasteiger partial charge in [-0.3, -0.25) is 0 Å². The van der Waals surface area contributed by atoms with Crippen molar-refractivity contribution in [3.63, 3.8) is 0 Å². The molecule has 2 atom stereocenters. The molecule has 106 valence electrons. The Morgan fingerprint density at radius 2 is 2.16 bits per heavy atom. The summed E-state index contributed by atoms with van der Waals surface area (Å²) in [7, 11) is -3.54. The first kappa shape index (κ1) is 15.4. The Balaban J connectivity index is 2.17. The van der Waals surface area contributed by atoms with Gasteiger partial charge in [0.15, 0.2) is 0 Å². The van der Waals surface area contributed by atoms with E-state index in [1.54, 1.807) is 18.2 Å². The van der Waals surface area contributed by atoms with Crippen LogP contribution in [0.3, 0.4) is 0 Å². The van der Waals surface area contributed by atoms with E-state index in [0.717, 1.165) is 17.3 Å². The maximum absolute atomic E-state index is 12.3. The molecule has 0 radical (unpaired) electrons. The fraction of sp³-hybridized carbons (Fsp3) is 0.500. The second-order valence-corrected chi connectivity index (χ2v) is 7.99. The van der Waals surface area contributed by atoms with Crippen LogP contribution in [-0.4, -0.2) is 27.2 Å². The van der Waals surface area contributed by atoms with Crippen molar-refractivity contribution in [2.75, 3.05) is 6.61 Å². The van der Waals surface area contributed by atoms with Crippen LogP contribution in [0.2, 0.25) is 0 Å². The first-order chi connectivity index (χ1) is 8.90. The molecule has 7 heteroatoms. The van der Waals surface area contributed by atoms with Gasteiger partial charge < -0.3 is 4.74 Å². The number of benzene rings is 1. The molecule has 0 aliphatic carbocycles. The Hall–Kier alpha value is 0.0500. The van der Waals surface area contributed by atoms with Gasteiger partial charge in [-0.15, -0.1) is 0 Å². The van der Waals surface area contributed by atoms with Crippen LogP contribution in [0.1, 0.15) is 19.8 Å². The number of halogens is 2. The van der Waals surface area contributed by atoms with Crippen LogP contribution in [-0.2, 0) is 14.8 Å². The summed E-state index contributed by atoms with van der Waals surface area (Å²) in [6, 6.07) is 4.75. The van der Waals surface area contributed by atoms with Crippen molar-refractivity contribution < 1.29 is 13.2 Å². The molecule has 1 saturated heterocycles. The van der Waals surface area contributed by atoms with Crippen molar-refractivity contribution in [3.05, 3.63) is 27.1 Å². The summed E-state index contributed by atoms with van der Waals surface area (Å²) in [6.45, 7) is 2.54. The number of nitrogens with one attached hydrogen (secondary N) is 1. The third-order valence-corrected chi connectivity index (χ3v) is 6.08. The number of sulfonamides is 1. The average Bonchev–Trinajstić information content (AvgIpc) is 2.80. The summed E-state index contributed by atoms with van der Waals surface area (Å²) >= 11 is 6.58. The van der Waals surface area contributed by atoms with Crippen LogP contribution in [0.4, 0.5) is 0 Å². The molecule has 19 heavy (non-hydrogen) atoms. The number of hydrogen-bond donors (Lipinski definition) is 1. The van der Waals surface area contributed by atoms with Crippen LogP contribution in [0.25, 0.3) is 0 Å². The molecule has 1 aromatic rings. The molecule has 2 rings (SSSR count). The smallest absolute Gasteiger partial charge is 0.242 e. The summed E-state index contributed by atoms with van der Waals surface area (Å²) in [5.74, 6) is 0. The number of rotatable bonds is 4. The standard InChI is InChI=1S/C12H15Br2NO3S/c1-8(11-3-2-6-18-11)15-19(16,17)12-5-4-9(13)7-10(12)14/h4-5,7-8,11,15H,2-3,6H2,1H3. The predicted molar refractivity (Wildman–Crippen MR) is 80.6 cm³/mol. The largest absolute Gasteiger partial charge is 0.377 e. The lowest BCUT2D eigenvalue weighted by Gasteiger charge is -2.20. The van der Waals surface area contributed by atoms with Gasteiger partial charge in [-0.1, -0.05) is 15.9 Å². The normalized spacial score (nSPS) is 21.5. The zero-order chi connectivity index (χ0) is 14.0. The van der Waals surface area contributed by atoms with E-state index in [4.69, 9.17) is 4.74 Å². The molecule has 1 N–H and O–H groups in total. The third-order valence-electron chi connectivity index (χ3n) is 3.05. The van der Waals surface area contributed by atoms with Gasteiger partial charge in [-0.25, -0.2) is 13.1 Å². The van der Waals surface area contributed by atoms with E-state index in [2.05, 4.69) is 36.6 Å². The van der Waals surface area contributed by atoms with Crippen molar-refractivity contribution in [1.29, 1.82) is 0 Å². The highest BCUT2D eigenvalue weighted by Gasteiger charge is 2.27. The Morgan fingerprint density at radius 3 is 2.74 bits per heavy atom. The summed E-state index contributed by atoms with van der Waals surface area (Å²) in [5.41, 5.74) is 0. The lowest BCUT2D eigenvalue weighted by Crippen LogP contribution is -2.40.